The summed E-state index contributed by atoms with van der Waals surface area (Å²) in [6.07, 6.45) is 1.41. The topological polar surface area (TPSA) is 72.5 Å². The highest BCUT2D eigenvalue weighted by molar-refractivity contribution is 7.89. The summed E-state index contributed by atoms with van der Waals surface area (Å²) >= 11 is 5.79. The highest BCUT2D eigenvalue weighted by Crippen LogP contribution is 2.21. The molecule has 0 aliphatic rings. The van der Waals surface area contributed by atoms with E-state index in [-0.39, 0.29) is 22.0 Å². The molecule has 0 saturated heterocycles. The van der Waals surface area contributed by atoms with Gasteiger partial charge in [0, 0.05) is 6.54 Å². The van der Waals surface area contributed by atoms with E-state index in [2.05, 4.69) is 16.0 Å². The van der Waals surface area contributed by atoms with Crippen LogP contribution in [0, 0.1) is 0 Å². The van der Waals surface area contributed by atoms with Crippen molar-refractivity contribution in [2.75, 3.05) is 13.7 Å². The van der Waals surface area contributed by atoms with Gasteiger partial charge in [-0.2, -0.15) is 0 Å². The van der Waals surface area contributed by atoms with Crippen molar-refractivity contribution in [2.45, 2.75) is 4.90 Å². The molecule has 0 amide bonds. The molecule has 1 N–H and O–H groups in total. The fourth-order valence-electron chi connectivity index (χ4n) is 1.19. The quantitative estimate of drug-likeness (QED) is 0.660. The van der Waals surface area contributed by atoms with Crippen molar-refractivity contribution in [1.29, 1.82) is 0 Å². The Labute approximate surface area is 110 Å². The van der Waals surface area contributed by atoms with Crippen LogP contribution in [0.1, 0.15) is 10.4 Å². The maximum atomic E-state index is 11.8. The highest BCUT2D eigenvalue weighted by Gasteiger charge is 2.18. The third-order valence-corrected chi connectivity index (χ3v) is 3.82. The fraction of sp³-hybridized carbons (Fsp3) is 0.182. The molecule has 0 saturated carbocycles. The van der Waals surface area contributed by atoms with Gasteiger partial charge in [-0.15, -0.1) is 6.58 Å². The molecule has 1 aromatic carbocycles. The lowest BCUT2D eigenvalue weighted by Gasteiger charge is -2.07. The van der Waals surface area contributed by atoms with E-state index < -0.39 is 16.0 Å². The molecule has 0 aromatic heterocycles. The second kappa shape index (κ2) is 5.99. The van der Waals surface area contributed by atoms with Crippen LogP contribution in [0.2, 0.25) is 5.02 Å². The van der Waals surface area contributed by atoms with E-state index in [4.69, 9.17) is 11.6 Å². The minimum absolute atomic E-state index is 0.000597. The van der Waals surface area contributed by atoms with Crippen LogP contribution in [-0.2, 0) is 14.8 Å². The van der Waals surface area contributed by atoms with Gasteiger partial charge in [0.1, 0.15) is 0 Å². The Morgan fingerprint density at radius 2 is 2.22 bits per heavy atom. The number of esters is 1. The van der Waals surface area contributed by atoms with Crippen LogP contribution in [0.4, 0.5) is 0 Å². The lowest BCUT2D eigenvalue weighted by atomic mass is 10.2. The van der Waals surface area contributed by atoms with Crippen molar-refractivity contribution in [3.05, 3.63) is 41.4 Å². The van der Waals surface area contributed by atoms with Crippen molar-refractivity contribution in [3.63, 3.8) is 0 Å². The van der Waals surface area contributed by atoms with E-state index in [1.807, 2.05) is 0 Å². The molecule has 0 heterocycles. The molecule has 0 unspecified atom stereocenters. The summed E-state index contributed by atoms with van der Waals surface area (Å²) in [6.45, 7) is 3.50. The number of methoxy groups -OCH3 is 1. The van der Waals surface area contributed by atoms with E-state index in [0.29, 0.717) is 0 Å². The molecule has 0 radical (unpaired) electrons. The number of sulfonamides is 1. The van der Waals surface area contributed by atoms with Crippen molar-refractivity contribution in [2.24, 2.45) is 0 Å². The molecule has 0 bridgehead atoms. The first kappa shape index (κ1) is 14.7. The molecule has 0 spiro atoms. The Hall–Kier alpha value is -1.37. The summed E-state index contributed by atoms with van der Waals surface area (Å²) < 4.78 is 30.4. The van der Waals surface area contributed by atoms with Crippen LogP contribution in [0.15, 0.2) is 35.7 Å². The van der Waals surface area contributed by atoms with E-state index in [0.717, 1.165) is 0 Å². The summed E-state index contributed by atoms with van der Waals surface area (Å²) in [4.78, 5) is 11.3. The van der Waals surface area contributed by atoms with Gasteiger partial charge in [0.25, 0.3) is 0 Å². The van der Waals surface area contributed by atoms with Crippen LogP contribution < -0.4 is 4.72 Å². The molecule has 0 aliphatic carbocycles. The zero-order valence-electron chi connectivity index (χ0n) is 9.64. The average molecular weight is 290 g/mol. The smallest absolute Gasteiger partial charge is 0.339 e. The van der Waals surface area contributed by atoms with Gasteiger partial charge in [0.05, 0.1) is 22.6 Å². The van der Waals surface area contributed by atoms with E-state index >= 15 is 0 Å². The second-order valence-electron chi connectivity index (χ2n) is 3.27. The second-order valence-corrected chi connectivity index (χ2v) is 5.45. The van der Waals surface area contributed by atoms with Gasteiger partial charge in [0.2, 0.25) is 10.0 Å². The maximum Gasteiger partial charge on any atom is 0.339 e. The van der Waals surface area contributed by atoms with Gasteiger partial charge in [-0.1, -0.05) is 17.7 Å². The maximum absolute atomic E-state index is 11.8. The first-order valence-electron chi connectivity index (χ1n) is 4.91. The SMILES string of the molecule is C=CCNS(=O)(=O)c1ccc(Cl)c(C(=O)OC)c1. The first-order chi connectivity index (χ1) is 8.42. The summed E-state index contributed by atoms with van der Waals surface area (Å²) in [7, 11) is -2.50. The fourth-order valence-corrected chi connectivity index (χ4v) is 2.41. The minimum atomic E-state index is -3.69. The number of rotatable bonds is 5. The van der Waals surface area contributed by atoms with Crippen LogP contribution in [0.5, 0.6) is 0 Å². The molecule has 1 rings (SSSR count). The van der Waals surface area contributed by atoms with Gasteiger partial charge in [0.15, 0.2) is 0 Å². The monoisotopic (exact) mass is 289 g/mol. The van der Waals surface area contributed by atoms with Gasteiger partial charge >= 0.3 is 5.97 Å². The summed E-state index contributed by atoms with van der Waals surface area (Å²) in [5.74, 6) is -0.694. The van der Waals surface area contributed by atoms with Crippen LogP contribution in [0.25, 0.3) is 0 Å². The number of carbonyl (C=O) groups excluding carboxylic acids is 1. The molecular weight excluding hydrogens is 278 g/mol. The Balaban J connectivity index is 3.20. The lowest BCUT2D eigenvalue weighted by Crippen LogP contribution is -2.24. The number of nitrogens with one attached hydrogen (secondary N) is 1. The Bertz CT molecular complexity index is 568. The van der Waals surface area contributed by atoms with E-state index in [9.17, 15) is 13.2 Å². The number of benzene rings is 1. The zero-order valence-corrected chi connectivity index (χ0v) is 11.2. The van der Waals surface area contributed by atoms with Crippen molar-refractivity contribution in [3.8, 4) is 0 Å². The number of hydrogen-bond acceptors (Lipinski definition) is 4. The van der Waals surface area contributed by atoms with E-state index in [1.165, 1.54) is 31.4 Å². The third kappa shape index (κ3) is 3.32. The number of halogens is 1. The normalized spacial score (nSPS) is 11.0. The average Bonchev–Trinajstić information content (AvgIpc) is 2.35. The van der Waals surface area contributed by atoms with Crippen LogP contribution >= 0.6 is 11.6 Å². The molecule has 1 aromatic rings. The molecule has 5 nitrogen and oxygen atoms in total. The van der Waals surface area contributed by atoms with Gasteiger partial charge < -0.3 is 4.74 Å². The Kier molecular flexibility index (Phi) is 4.89. The number of hydrogen-bond donors (Lipinski definition) is 1. The first-order valence-corrected chi connectivity index (χ1v) is 6.77. The molecule has 0 fully saturated rings. The molecule has 7 heteroatoms. The molecule has 0 atom stereocenters. The standard InChI is InChI=1S/C11H12ClNO4S/c1-3-6-13-18(15,16)8-4-5-10(12)9(7-8)11(14)17-2/h3-5,7,13H,1,6H2,2H3. The predicted octanol–water partition coefficient (Wildman–Crippen LogP) is 1.59. The van der Waals surface area contributed by atoms with Crippen LogP contribution in [-0.4, -0.2) is 28.0 Å². The Morgan fingerprint density at radius 3 is 2.78 bits per heavy atom. The van der Waals surface area contributed by atoms with Gasteiger partial charge in [-0.05, 0) is 18.2 Å². The summed E-state index contributed by atoms with van der Waals surface area (Å²) in [5, 5.41) is 0.129. The molecule has 0 aliphatic heterocycles. The van der Waals surface area contributed by atoms with Gasteiger partial charge in [-0.25, -0.2) is 17.9 Å². The largest absolute Gasteiger partial charge is 0.465 e. The molecule has 98 valence electrons. The Morgan fingerprint density at radius 1 is 1.56 bits per heavy atom. The van der Waals surface area contributed by atoms with Gasteiger partial charge in [-0.3, -0.25) is 0 Å². The minimum Gasteiger partial charge on any atom is -0.465 e. The predicted molar refractivity (Wildman–Crippen MR) is 68.2 cm³/mol. The van der Waals surface area contributed by atoms with E-state index in [1.54, 1.807) is 0 Å². The van der Waals surface area contributed by atoms with Crippen LogP contribution in [0.3, 0.4) is 0 Å². The number of carbonyl (C=O) groups is 1. The summed E-state index contributed by atoms with van der Waals surface area (Å²) in [6, 6.07) is 3.80. The third-order valence-electron chi connectivity index (χ3n) is 2.07. The zero-order chi connectivity index (χ0) is 13.8. The molecular formula is C11H12ClNO4S. The van der Waals surface area contributed by atoms with Crippen molar-refractivity contribution < 1.29 is 17.9 Å². The number of ether oxygens (including phenoxy) is 1. The summed E-state index contributed by atoms with van der Waals surface area (Å²) in [5.41, 5.74) is 0.000597. The lowest BCUT2D eigenvalue weighted by molar-refractivity contribution is 0.0600. The van der Waals surface area contributed by atoms with Crippen molar-refractivity contribution >= 4 is 27.6 Å². The molecule has 18 heavy (non-hydrogen) atoms. The van der Waals surface area contributed by atoms with Crippen molar-refractivity contribution in [1.82, 2.24) is 4.72 Å². The highest BCUT2D eigenvalue weighted by atomic mass is 35.5.